The predicted octanol–water partition coefficient (Wildman–Crippen LogP) is 4.05. The number of amides is 1. The number of sulfonamides is 1. The molecule has 0 bridgehead atoms. The Bertz CT molecular complexity index is 1210. The first-order valence-electron chi connectivity index (χ1n) is 10.3. The topological polar surface area (TPSA) is 106 Å². The lowest BCUT2D eigenvalue weighted by molar-refractivity contribution is 0.0955. The molecule has 0 unspecified atom stereocenters. The van der Waals surface area contributed by atoms with Crippen LogP contribution in [0.3, 0.4) is 0 Å². The quantitative estimate of drug-likeness (QED) is 0.346. The summed E-state index contributed by atoms with van der Waals surface area (Å²) in [5, 5.41) is 3.98. The van der Waals surface area contributed by atoms with E-state index in [-0.39, 0.29) is 4.90 Å². The van der Waals surface area contributed by atoms with E-state index in [1.807, 2.05) is 38.1 Å². The third-order valence-electron chi connectivity index (χ3n) is 4.43. The number of rotatable bonds is 10. The monoisotopic (exact) mass is 467 g/mol. The van der Waals surface area contributed by atoms with E-state index in [9.17, 15) is 13.2 Å². The van der Waals surface area contributed by atoms with Crippen LogP contribution in [0.25, 0.3) is 0 Å². The van der Waals surface area contributed by atoms with Crippen LogP contribution in [0, 0.1) is 0 Å². The maximum absolute atomic E-state index is 12.6. The Balaban J connectivity index is 1.62. The van der Waals surface area contributed by atoms with Gasteiger partial charge in [0.1, 0.15) is 11.5 Å². The van der Waals surface area contributed by atoms with Crippen molar-refractivity contribution in [2.24, 2.45) is 5.10 Å². The number of ether oxygens (including phenoxy) is 2. The van der Waals surface area contributed by atoms with E-state index in [1.54, 1.807) is 12.1 Å². The summed E-state index contributed by atoms with van der Waals surface area (Å²) in [5.41, 5.74) is 3.84. The Morgan fingerprint density at radius 2 is 1.58 bits per heavy atom. The lowest BCUT2D eigenvalue weighted by Crippen LogP contribution is -2.18. The van der Waals surface area contributed by atoms with Gasteiger partial charge in [-0.25, -0.2) is 13.8 Å². The lowest BCUT2D eigenvalue weighted by atomic mass is 10.2. The maximum Gasteiger partial charge on any atom is 0.271 e. The Hall–Kier alpha value is -3.85. The highest BCUT2D eigenvalue weighted by atomic mass is 32.2. The van der Waals surface area contributed by atoms with E-state index >= 15 is 0 Å². The van der Waals surface area contributed by atoms with Gasteiger partial charge in [-0.15, -0.1) is 0 Å². The van der Waals surface area contributed by atoms with Crippen LogP contribution < -0.4 is 19.6 Å². The summed E-state index contributed by atoms with van der Waals surface area (Å²) in [6.45, 7) is 4.75. The van der Waals surface area contributed by atoms with E-state index in [4.69, 9.17) is 9.47 Å². The standard InChI is InChI=1S/C24H25N3O5S/c1-3-31-21-13-15-22(16-14-21)33(29,30)27-20-11-9-18(10-12-20)24(28)26-25-17-19-7-5-6-8-23(19)32-4-2/h5-17,27H,3-4H2,1-2H3,(H,26,28)/b25-17+. The van der Waals surface area contributed by atoms with Crippen molar-refractivity contribution in [3.63, 3.8) is 0 Å². The molecule has 33 heavy (non-hydrogen) atoms. The van der Waals surface area contributed by atoms with Crippen LogP contribution in [0.1, 0.15) is 29.8 Å². The Morgan fingerprint density at radius 3 is 2.24 bits per heavy atom. The number of benzene rings is 3. The summed E-state index contributed by atoms with van der Waals surface area (Å²) in [6, 6.07) is 19.5. The van der Waals surface area contributed by atoms with Gasteiger partial charge in [0, 0.05) is 16.8 Å². The van der Waals surface area contributed by atoms with E-state index < -0.39 is 15.9 Å². The van der Waals surface area contributed by atoms with Crippen molar-refractivity contribution in [2.45, 2.75) is 18.7 Å². The second kappa shape index (κ2) is 11.1. The van der Waals surface area contributed by atoms with Crippen LogP contribution in [0.4, 0.5) is 5.69 Å². The zero-order chi connectivity index (χ0) is 23.7. The molecule has 0 saturated heterocycles. The molecule has 3 rings (SSSR count). The molecule has 0 saturated carbocycles. The number of carbonyl (C=O) groups excluding carboxylic acids is 1. The average molecular weight is 468 g/mol. The Morgan fingerprint density at radius 1 is 0.909 bits per heavy atom. The van der Waals surface area contributed by atoms with E-state index in [0.717, 1.165) is 5.56 Å². The molecule has 1 amide bonds. The van der Waals surface area contributed by atoms with Gasteiger partial charge in [0.05, 0.1) is 24.3 Å². The predicted molar refractivity (Wildman–Crippen MR) is 128 cm³/mol. The lowest BCUT2D eigenvalue weighted by Gasteiger charge is -2.10. The molecule has 0 aliphatic carbocycles. The summed E-state index contributed by atoms with van der Waals surface area (Å²) in [6.07, 6.45) is 1.50. The third-order valence-corrected chi connectivity index (χ3v) is 5.83. The van der Waals surface area contributed by atoms with Crippen LogP contribution in [0.5, 0.6) is 11.5 Å². The molecule has 2 N–H and O–H groups in total. The van der Waals surface area contributed by atoms with Crippen LogP contribution in [-0.4, -0.2) is 33.8 Å². The number of carbonyl (C=O) groups is 1. The molecule has 0 aromatic heterocycles. The molecule has 9 heteroatoms. The number of hydrogen-bond donors (Lipinski definition) is 2. The fourth-order valence-electron chi connectivity index (χ4n) is 2.88. The molecular formula is C24H25N3O5S. The summed E-state index contributed by atoms with van der Waals surface area (Å²) in [4.78, 5) is 12.4. The number of nitrogens with zero attached hydrogens (tertiary/aromatic N) is 1. The molecule has 0 heterocycles. The zero-order valence-corrected chi connectivity index (χ0v) is 19.1. The van der Waals surface area contributed by atoms with Crippen molar-refractivity contribution in [1.82, 2.24) is 5.43 Å². The minimum absolute atomic E-state index is 0.106. The molecule has 3 aromatic carbocycles. The fraction of sp³-hybridized carbons (Fsp3) is 0.167. The molecular weight excluding hydrogens is 442 g/mol. The van der Waals surface area contributed by atoms with Crippen molar-refractivity contribution < 1.29 is 22.7 Å². The van der Waals surface area contributed by atoms with Crippen molar-refractivity contribution in [3.8, 4) is 11.5 Å². The minimum Gasteiger partial charge on any atom is -0.494 e. The Labute approximate surface area is 193 Å². The fourth-order valence-corrected chi connectivity index (χ4v) is 3.94. The minimum atomic E-state index is -3.77. The molecule has 0 aliphatic rings. The van der Waals surface area contributed by atoms with Crippen LogP contribution in [-0.2, 0) is 10.0 Å². The number of hydrazone groups is 1. The largest absolute Gasteiger partial charge is 0.494 e. The van der Waals surface area contributed by atoms with Gasteiger partial charge < -0.3 is 9.47 Å². The zero-order valence-electron chi connectivity index (χ0n) is 18.3. The SMILES string of the molecule is CCOc1ccc(S(=O)(=O)Nc2ccc(C(=O)N/N=C/c3ccccc3OCC)cc2)cc1. The smallest absolute Gasteiger partial charge is 0.271 e. The summed E-state index contributed by atoms with van der Waals surface area (Å²) >= 11 is 0. The first kappa shape index (κ1) is 23.8. The highest BCUT2D eigenvalue weighted by Crippen LogP contribution is 2.20. The molecule has 0 aliphatic heterocycles. The van der Waals surface area contributed by atoms with Gasteiger partial charge in [0.25, 0.3) is 15.9 Å². The molecule has 172 valence electrons. The van der Waals surface area contributed by atoms with Gasteiger partial charge in [-0.05, 0) is 74.5 Å². The summed E-state index contributed by atoms with van der Waals surface area (Å²) < 4.78 is 38.5. The van der Waals surface area contributed by atoms with Crippen LogP contribution in [0.2, 0.25) is 0 Å². The normalized spacial score (nSPS) is 11.2. The van der Waals surface area contributed by atoms with Crippen molar-refractivity contribution in [3.05, 3.63) is 83.9 Å². The van der Waals surface area contributed by atoms with Gasteiger partial charge in [0.15, 0.2) is 0 Å². The highest BCUT2D eigenvalue weighted by Gasteiger charge is 2.15. The van der Waals surface area contributed by atoms with Gasteiger partial charge >= 0.3 is 0 Å². The van der Waals surface area contributed by atoms with Gasteiger partial charge in [-0.2, -0.15) is 5.10 Å². The first-order chi connectivity index (χ1) is 15.9. The van der Waals surface area contributed by atoms with Crippen molar-refractivity contribution >= 4 is 27.8 Å². The molecule has 8 nitrogen and oxygen atoms in total. The van der Waals surface area contributed by atoms with Gasteiger partial charge in [0.2, 0.25) is 0 Å². The second-order valence-electron chi connectivity index (χ2n) is 6.76. The number of anilines is 1. The highest BCUT2D eigenvalue weighted by molar-refractivity contribution is 7.92. The first-order valence-corrected chi connectivity index (χ1v) is 11.8. The van der Waals surface area contributed by atoms with E-state index in [1.165, 1.54) is 42.6 Å². The number of hydrogen-bond acceptors (Lipinski definition) is 6. The molecule has 3 aromatic rings. The Kier molecular flexibility index (Phi) is 8.04. The van der Waals surface area contributed by atoms with Crippen molar-refractivity contribution in [2.75, 3.05) is 17.9 Å². The molecule has 0 fully saturated rings. The van der Waals surface area contributed by atoms with Crippen LogP contribution >= 0.6 is 0 Å². The van der Waals surface area contributed by atoms with Crippen molar-refractivity contribution in [1.29, 1.82) is 0 Å². The third kappa shape index (κ3) is 6.56. The molecule has 0 radical (unpaired) electrons. The average Bonchev–Trinajstić information content (AvgIpc) is 2.81. The second-order valence-corrected chi connectivity index (χ2v) is 8.44. The summed E-state index contributed by atoms with van der Waals surface area (Å²) in [7, 11) is -3.77. The molecule has 0 spiro atoms. The van der Waals surface area contributed by atoms with E-state index in [2.05, 4.69) is 15.2 Å². The number of nitrogens with one attached hydrogen (secondary N) is 2. The van der Waals surface area contributed by atoms with Crippen LogP contribution in [0.15, 0.2) is 82.8 Å². The summed E-state index contributed by atoms with van der Waals surface area (Å²) in [5.74, 6) is 0.832. The van der Waals surface area contributed by atoms with Gasteiger partial charge in [-0.1, -0.05) is 12.1 Å². The molecule has 0 atom stereocenters. The van der Waals surface area contributed by atoms with E-state index in [0.29, 0.717) is 36.0 Å². The van der Waals surface area contributed by atoms with Gasteiger partial charge in [-0.3, -0.25) is 9.52 Å². The number of para-hydroxylation sites is 1. The maximum atomic E-state index is 12.6.